The van der Waals surface area contributed by atoms with E-state index in [4.69, 9.17) is 5.26 Å². The Morgan fingerprint density at radius 2 is 2.19 bits per heavy atom. The molecule has 1 aromatic rings. The molecule has 0 amide bonds. The van der Waals surface area contributed by atoms with Gasteiger partial charge >= 0.3 is 0 Å². The predicted octanol–water partition coefficient (Wildman–Crippen LogP) is 1.51. The maximum absolute atomic E-state index is 13.0. The average molecular weight is 242 g/mol. The van der Waals surface area contributed by atoms with Gasteiger partial charge in [-0.15, -0.1) is 0 Å². The van der Waals surface area contributed by atoms with Crippen LogP contribution < -0.4 is 4.31 Å². The number of nitrogens with zero attached hydrogens (tertiary/aromatic N) is 2. The Kier molecular flexibility index (Phi) is 3.85. The number of anilines is 1. The van der Waals surface area contributed by atoms with Gasteiger partial charge < -0.3 is 0 Å². The molecule has 0 atom stereocenters. The Bertz CT molecular complexity index is 508. The van der Waals surface area contributed by atoms with Gasteiger partial charge in [-0.3, -0.25) is 4.31 Å². The van der Waals surface area contributed by atoms with E-state index in [1.54, 1.807) is 13.0 Å². The number of halogens is 1. The number of hydrogen-bond donors (Lipinski definition) is 0. The van der Waals surface area contributed by atoms with Gasteiger partial charge in [-0.05, 0) is 25.1 Å². The maximum atomic E-state index is 13.0. The van der Waals surface area contributed by atoms with E-state index in [9.17, 15) is 12.8 Å². The monoisotopic (exact) mass is 242 g/mol. The number of nitriles is 1. The summed E-state index contributed by atoms with van der Waals surface area (Å²) in [6, 6.07) is 6.85. The summed E-state index contributed by atoms with van der Waals surface area (Å²) in [7, 11) is -3.69. The van der Waals surface area contributed by atoms with Gasteiger partial charge in [0, 0.05) is 6.54 Å². The Balaban J connectivity index is 3.14. The van der Waals surface area contributed by atoms with Crippen molar-refractivity contribution in [3.05, 3.63) is 30.1 Å². The van der Waals surface area contributed by atoms with Crippen molar-refractivity contribution in [1.82, 2.24) is 0 Å². The zero-order valence-corrected chi connectivity index (χ0v) is 9.54. The van der Waals surface area contributed by atoms with Gasteiger partial charge in [-0.25, -0.2) is 12.8 Å². The molecule has 0 aromatic heterocycles. The van der Waals surface area contributed by atoms with Crippen molar-refractivity contribution in [2.45, 2.75) is 6.92 Å². The molecule has 86 valence electrons. The molecule has 0 spiro atoms. The number of hydrogen-bond acceptors (Lipinski definition) is 3. The summed E-state index contributed by atoms with van der Waals surface area (Å²) in [6.07, 6.45) is 0. The highest BCUT2D eigenvalue weighted by molar-refractivity contribution is 7.93. The molecule has 0 N–H and O–H groups in total. The maximum Gasteiger partial charge on any atom is 0.248 e. The fourth-order valence-corrected chi connectivity index (χ4v) is 2.48. The van der Waals surface area contributed by atoms with Crippen LogP contribution in [0.25, 0.3) is 0 Å². The summed E-state index contributed by atoms with van der Waals surface area (Å²) in [5, 5.41) is 8.42. The van der Waals surface area contributed by atoms with Gasteiger partial charge in [0.25, 0.3) is 0 Å². The van der Waals surface area contributed by atoms with Crippen LogP contribution in [0.5, 0.6) is 0 Å². The first kappa shape index (κ1) is 12.5. The van der Waals surface area contributed by atoms with Crippen molar-refractivity contribution in [2.75, 3.05) is 16.6 Å². The molecule has 0 bridgehead atoms. The lowest BCUT2D eigenvalue weighted by molar-refractivity contribution is 0.594. The third-order valence-corrected chi connectivity index (χ3v) is 3.60. The molecule has 0 saturated heterocycles. The zero-order valence-electron chi connectivity index (χ0n) is 8.72. The summed E-state index contributed by atoms with van der Waals surface area (Å²) in [5.74, 6) is -1.12. The molecule has 0 fully saturated rings. The fraction of sp³-hybridized carbons (Fsp3) is 0.300. The first-order chi connectivity index (χ1) is 7.51. The van der Waals surface area contributed by atoms with Crippen molar-refractivity contribution < 1.29 is 12.8 Å². The minimum absolute atomic E-state index is 0.160. The second-order valence-electron chi connectivity index (χ2n) is 3.06. The largest absolute Gasteiger partial charge is 0.270 e. The Labute approximate surface area is 94.0 Å². The van der Waals surface area contributed by atoms with E-state index in [1.807, 2.05) is 0 Å². The smallest absolute Gasteiger partial charge is 0.248 e. The summed E-state index contributed by atoms with van der Waals surface area (Å²) in [5.41, 5.74) is 0.234. The topological polar surface area (TPSA) is 61.2 Å². The van der Waals surface area contributed by atoms with Crippen LogP contribution in [-0.2, 0) is 10.0 Å². The highest BCUT2D eigenvalue weighted by Gasteiger charge is 2.20. The van der Waals surface area contributed by atoms with E-state index in [0.717, 1.165) is 10.4 Å². The quantitative estimate of drug-likeness (QED) is 0.804. The van der Waals surface area contributed by atoms with Crippen LogP contribution in [0.3, 0.4) is 0 Å². The lowest BCUT2D eigenvalue weighted by Gasteiger charge is -2.21. The molecule has 4 nitrogen and oxygen atoms in total. The molecule has 1 rings (SSSR count). The SMILES string of the molecule is CCN(c1cccc(F)c1)S(=O)(=O)CC#N. The van der Waals surface area contributed by atoms with Crippen molar-refractivity contribution in [2.24, 2.45) is 0 Å². The van der Waals surface area contributed by atoms with Gasteiger partial charge in [0.1, 0.15) is 5.82 Å². The molecular formula is C10H11FN2O2S. The zero-order chi connectivity index (χ0) is 12.2. The molecular weight excluding hydrogens is 231 g/mol. The first-order valence-electron chi connectivity index (χ1n) is 4.64. The minimum Gasteiger partial charge on any atom is -0.270 e. The first-order valence-corrected chi connectivity index (χ1v) is 6.25. The molecule has 6 heteroatoms. The van der Waals surface area contributed by atoms with Crippen LogP contribution in [-0.4, -0.2) is 20.7 Å². The van der Waals surface area contributed by atoms with Crippen molar-refractivity contribution in [3.63, 3.8) is 0 Å². The van der Waals surface area contributed by atoms with Crippen molar-refractivity contribution >= 4 is 15.7 Å². The van der Waals surface area contributed by atoms with Gasteiger partial charge in [-0.1, -0.05) is 6.07 Å². The number of sulfonamides is 1. The Hall–Kier alpha value is -1.61. The molecule has 16 heavy (non-hydrogen) atoms. The molecule has 0 aliphatic rings. The molecule has 0 aliphatic carbocycles. The van der Waals surface area contributed by atoms with Crippen molar-refractivity contribution in [3.8, 4) is 6.07 Å². The highest BCUT2D eigenvalue weighted by atomic mass is 32.2. The molecule has 0 aliphatic heterocycles. The minimum atomic E-state index is -3.69. The van der Waals surface area contributed by atoms with E-state index < -0.39 is 21.6 Å². The summed E-state index contributed by atoms with van der Waals surface area (Å²) >= 11 is 0. The molecule has 0 radical (unpaired) electrons. The van der Waals surface area contributed by atoms with Crippen LogP contribution in [0.2, 0.25) is 0 Å². The third-order valence-electron chi connectivity index (χ3n) is 1.97. The summed E-state index contributed by atoms with van der Waals surface area (Å²) in [6.45, 7) is 1.79. The molecule has 1 aromatic carbocycles. The van der Waals surface area contributed by atoms with Gasteiger partial charge in [0.05, 0.1) is 11.8 Å². The van der Waals surface area contributed by atoms with E-state index >= 15 is 0 Å². The van der Waals surface area contributed by atoms with Gasteiger partial charge in [0.15, 0.2) is 5.75 Å². The van der Waals surface area contributed by atoms with E-state index in [2.05, 4.69) is 0 Å². The normalized spacial score (nSPS) is 10.8. The van der Waals surface area contributed by atoms with Crippen LogP contribution in [0, 0.1) is 17.1 Å². The highest BCUT2D eigenvalue weighted by Crippen LogP contribution is 2.18. The van der Waals surface area contributed by atoms with Crippen LogP contribution in [0.15, 0.2) is 24.3 Å². The second-order valence-corrected chi connectivity index (χ2v) is 4.95. The van der Waals surface area contributed by atoms with E-state index in [-0.39, 0.29) is 12.2 Å². The lowest BCUT2D eigenvalue weighted by atomic mass is 10.3. The van der Waals surface area contributed by atoms with Crippen LogP contribution in [0.1, 0.15) is 6.92 Å². The molecule has 0 saturated carbocycles. The Morgan fingerprint density at radius 3 is 2.69 bits per heavy atom. The molecule has 0 heterocycles. The van der Waals surface area contributed by atoms with Gasteiger partial charge in [0.2, 0.25) is 10.0 Å². The van der Waals surface area contributed by atoms with Gasteiger partial charge in [-0.2, -0.15) is 5.26 Å². The van der Waals surface area contributed by atoms with Crippen LogP contribution in [0.4, 0.5) is 10.1 Å². The fourth-order valence-electron chi connectivity index (χ4n) is 1.33. The second kappa shape index (κ2) is 4.94. The molecule has 0 unspecified atom stereocenters. The predicted molar refractivity (Wildman–Crippen MR) is 58.8 cm³/mol. The number of benzene rings is 1. The van der Waals surface area contributed by atoms with E-state index in [0.29, 0.717) is 0 Å². The van der Waals surface area contributed by atoms with E-state index in [1.165, 1.54) is 18.2 Å². The lowest BCUT2D eigenvalue weighted by Crippen LogP contribution is -2.32. The number of rotatable bonds is 4. The third kappa shape index (κ3) is 2.70. The Morgan fingerprint density at radius 1 is 1.50 bits per heavy atom. The average Bonchev–Trinajstić information content (AvgIpc) is 2.18. The summed E-state index contributed by atoms with van der Waals surface area (Å²) in [4.78, 5) is 0. The van der Waals surface area contributed by atoms with Crippen molar-refractivity contribution in [1.29, 1.82) is 5.26 Å². The van der Waals surface area contributed by atoms with Crippen LogP contribution >= 0.6 is 0 Å². The standard InChI is InChI=1S/C10H11FN2O2S/c1-2-13(16(14,15)7-6-12)10-5-3-4-9(11)8-10/h3-5,8H,2,7H2,1H3. The summed E-state index contributed by atoms with van der Waals surface area (Å²) < 4.78 is 37.3.